The fraction of sp³-hybridized carbons (Fsp3) is 0.185. The van der Waals surface area contributed by atoms with E-state index in [9.17, 15) is 14.4 Å². The van der Waals surface area contributed by atoms with E-state index in [4.69, 9.17) is 4.74 Å². The molecular formula is C27H25FN6O2. The third kappa shape index (κ3) is 5.67. The Morgan fingerprint density at radius 2 is 2.00 bits per heavy atom. The van der Waals surface area contributed by atoms with E-state index in [1.807, 2.05) is 26.8 Å². The van der Waals surface area contributed by atoms with Crippen molar-refractivity contribution in [1.29, 1.82) is 5.26 Å². The van der Waals surface area contributed by atoms with E-state index in [1.165, 1.54) is 12.1 Å². The number of benzene rings is 2. The molecular weight excluding hydrogens is 459 g/mol. The molecule has 1 amide bonds. The Balaban J connectivity index is 1.56. The van der Waals surface area contributed by atoms with Gasteiger partial charge in [-0.25, -0.2) is 14.4 Å². The number of imidazole rings is 1. The van der Waals surface area contributed by atoms with Crippen molar-refractivity contribution in [2.45, 2.75) is 27.7 Å². The fourth-order valence-corrected chi connectivity index (χ4v) is 3.50. The first-order chi connectivity index (χ1) is 17.1. The second-order valence-electron chi connectivity index (χ2n) is 9.30. The zero-order valence-electron chi connectivity index (χ0n) is 20.3. The van der Waals surface area contributed by atoms with Crippen molar-refractivity contribution in [2.24, 2.45) is 5.41 Å². The fourth-order valence-electron chi connectivity index (χ4n) is 3.50. The Morgan fingerprint density at radius 1 is 1.19 bits per heavy atom. The summed E-state index contributed by atoms with van der Waals surface area (Å²) in [5.41, 5.74) is 2.33. The predicted molar refractivity (Wildman–Crippen MR) is 136 cm³/mol. The number of allylic oxidation sites excluding steroid dienone is 1. The molecule has 182 valence electrons. The van der Waals surface area contributed by atoms with Crippen LogP contribution in [0, 0.1) is 29.5 Å². The van der Waals surface area contributed by atoms with Crippen molar-refractivity contribution in [3.63, 3.8) is 0 Å². The molecule has 0 saturated carbocycles. The Hall–Kier alpha value is -4.71. The van der Waals surface area contributed by atoms with Gasteiger partial charge < -0.3 is 15.4 Å². The first-order valence-corrected chi connectivity index (χ1v) is 11.2. The number of nitrogens with zero attached hydrogens (tertiary/aromatic N) is 4. The van der Waals surface area contributed by atoms with E-state index < -0.39 is 5.91 Å². The van der Waals surface area contributed by atoms with Crippen molar-refractivity contribution < 1.29 is 13.9 Å². The highest BCUT2D eigenvalue weighted by Gasteiger charge is 2.16. The van der Waals surface area contributed by atoms with Crippen LogP contribution in [-0.4, -0.2) is 20.3 Å². The standard InChI is InChI=1S/C27H25FN6O2/c1-17-10-19(28)8-9-22(17)33-25-23-14-30-16-34(23)24(15-31-25)36-21-7-5-6-20(11-21)32-26(35)18(13-29)12-27(2,3)4/h5-12,14-16H,1-4H3,(H,31,33)(H,32,35)/b18-12+. The number of rotatable bonds is 6. The van der Waals surface area contributed by atoms with Crippen molar-refractivity contribution >= 4 is 28.6 Å². The van der Waals surface area contributed by atoms with Crippen LogP contribution >= 0.6 is 0 Å². The molecule has 36 heavy (non-hydrogen) atoms. The zero-order chi connectivity index (χ0) is 25.9. The Kier molecular flexibility index (Phi) is 6.70. The number of nitriles is 1. The highest BCUT2D eigenvalue weighted by atomic mass is 19.1. The van der Waals surface area contributed by atoms with E-state index in [0.29, 0.717) is 28.7 Å². The third-order valence-electron chi connectivity index (χ3n) is 5.12. The van der Waals surface area contributed by atoms with Crippen LogP contribution in [0.2, 0.25) is 0 Å². The van der Waals surface area contributed by atoms with Crippen LogP contribution < -0.4 is 15.4 Å². The summed E-state index contributed by atoms with van der Waals surface area (Å²) in [5.74, 6) is 0.590. The molecule has 4 rings (SSSR count). The van der Waals surface area contributed by atoms with E-state index in [0.717, 1.165) is 11.3 Å². The normalized spacial score (nSPS) is 11.7. The SMILES string of the molecule is Cc1cc(F)ccc1Nc1ncc(Oc2cccc(NC(=O)/C(C#N)=C/C(C)(C)C)c2)n2cncc12. The summed E-state index contributed by atoms with van der Waals surface area (Å²) in [7, 11) is 0. The van der Waals surface area contributed by atoms with E-state index in [-0.39, 0.29) is 16.8 Å². The number of halogens is 1. The first-order valence-electron chi connectivity index (χ1n) is 11.2. The maximum Gasteiger partial charge on any atom is 0.266 e. The van der Waals surface area contributed by atoms with Gasteiger partial charge in [-0.05, 0) is 48.2 Å². The minimum atomic E-state index is -0.491. The number of ether oxygens (including phenoxy) is 1. The summed E-state index contributed by atoms with van der Waals surface area (Å²) in [5, 5.41) is 15.3. The molecule has 0 atom stereocenters. The summed E-state index contributed by atoms with van der Waals surface area (Å²) in [6.45, 7) is 7.55. The quantitative estimate of drug-likeness (QED) is 0.251. The molecule has 0 aliphatic heterocycles. The zero-order valence-corrected chi connectivity index (χ0v) is 20.3. The van der Waals surface area contributed by atoms with Gasteiger partial charge in [0, 0.05) is 17.4 Å². The summed E-state index contributed by atoms with van der Waals surface area (Å²) in [4.78, 5) is 21.2. The molecule has 2 aromatic heterocycles. The average molecular weight is 485 g/mol. The molecule has 0 aliphatic rings. The van der Waals surface area contributed by atoms with Crippen LogP contribution in [0.25, 0.3) is 5.52 Å². The highest BCUT2D eigenvalue weighted by Crippen LogP contribution is 2.29. The molecule has 9 heteroatoms. The summed E-state index contributed by atoms with van der Waals surface area (Å²) < 4.78 is 21.2. The lowest BCUT2D eigenvalue weighted by Crippen LogP contribution is -2.16. The smallest absolute Gasteiger partial charge is 0.266 e. The largest absolute Gasteiger partial charge is 0.439 e. The van der Waals surface area contributed by atoms with Gasteiger partial charge in [0.05, 0.1) is 12.4 Å². The lowest BCUT2D eigenvalue weighted by molar-refractivity contribution is -0.112. The molecule has 0 radical (unpaired) electrons. The summed E-state index contributed by atoms with van der Waals surface area (Å²) in [6.07, 6.45) is 6.41. The van der Waals surface area contributed by atoms with Gasteiger partial charge in [0.2, 0.25) is 5.88 Å². The molecule has 4 aromatic rings. The topological polar surface area (TPSA) is 104 Å². The molecule has 0 saturated heterocycles. The molecule has 8 nitrogen and oxygen atoms in total. The summed E-state index contributed by atoms with van der Waals surface area (Å²) >= 11 is 0. The summed E-state index contributed by atoms with van der Waals surface area (Å²) in [6, 6.07) is 13.3. The van der Waals surface area contributed by atoms with Gasteiger partial charge in [-0.1, -0.05) is 32.9 Å². The second-order valence-corrected chi connectivity index (χ2v) is 9.30. The van der Waals surface area contributed by atoms with E-state index in [2.05, 4.69) is 20.6 Å². The van der Waals surface area contributed by atoms with Gasteiger partial charge in [-0.15, -0.1) is 0 Å². The molecule has 2 aromatic carbocycles. The van der Waals surface area contributed by atoms with Crippen LogP contribution in [0.5, 0.6) is 11.6 Å². The lowest BCUT2D eigenvalue weighted by Gasteiger charge is -2.14. The Morgan fingerprint density at radius 3 is 2.72 bits per heavy atom. The van der Waals surface area contributed by atoms with Crippen molar-refractivity contribution in [2.75, 3.05) is 10.6 Å². The number of aryl methyl sites for hydroxylation is 1. The second kappa shape index (κ2) is 9.88. The molecule has 0 bridgehead atoms. The van der Waals surface area contributed by atoms with E-state index >= 15 is 0 Å². The van der Waals surface area contributed by atoms with Crippen LogP contribution in [0.4, 0.5) is 21.6 Å². The Labute approximate surface area is 208 Å². The van der Waals surface area contributed by atoms with Gasteiger partial charge in [0.15, 0.2) is 5.82 Å². The molecule has 0 aliphatic carbocycles. The monoisotopic (exact) mass is 484 g/mol. The minimum Gasteiger partial charge on any atom is -0.439 e. The number of carbonyl (C=O) groups excluding carboxylic acids is 1. The van der Waals surface area contributed by atoms with Gasteiger partial charge in [-0.2, -0.15) is 5.26 Å². The van der Waals surface area contributed by atoms with Crippen LogP contribution in [0.3, 0.4) is 0 Å². The van der Waals surface area contributed by atoms with Crippen molar-refractivity contribution in [1.82, 2.24) is 14.4 Å². The number of carbonyl (C=O) groups is 1. The number of aromatic nitrogens is 3. The first kappa shape index (κ1) is 24.4. The van der Waals surface area contributed by atoms with Crippen LogP contribution in [-0.2, 0) is 4.79 Å². The number of nitrogens with one attached hydrogen (secondary N) is 2. The van der Waals surface area contributed by atoms with Gasteiger partial charge in [0.1, 0.15) is 35.1 Å². The van der Waals surface area contributed by atoms with Gasteiger partial charge in [0.25, 0.3) is 5.91 Å². The molecule has 0 unspecified atom stereocenters. The number of amides is 1. The number of hydrogen-bond donors (Lipinski definition) is 2. The highest BCUT2D eigenvalue weighted by molar-refractivity contribution is 6.06. The van der Waals surface area contributed by atoms with Crippen molar-refractivity contribution in [3.05, 3.63) is 84.2 Å². The lowest BCUT2D eigenvalue weighted by atomic mass is 9.93. The molecule has 2 N–H and O–H groups in total. The maximum atomic E-state index is 13.5. The minimum absolute atomic E-state index is 0.0395. The molecule has 0 fully saturated rings. The molecule has 0 spiro atoms. The van der Waals surface area contributed by atoms with Gasteiger partial charge in [-0.3, -0.25) is 9.20 Å². The number of anilines is 3. The number of hydrogen-bond acceptors (Lipinski definition) is 6. The molecule has 2 heterocycles. The predicted octanol–water partition coefficient (Wildman–Crippen LogP) is 6.15. The maximum absolute atomic E-state index is 13.5. The van der Waals surface area contributed by atoms with Gasteiger partial charge >= 0.3 is 0 Å². The van der Waals surface area contributed by atoms with Crippen molar-refractivity contribution in [3.8, 4) is 17.7 Å². The van der Waals surface area contributed by atoms with E-state index in [1.54, 1.807) is 66.5 Å². The Bertz CT molecular complexity index is 1510. The van der Waals surface area contributed by atoms with Crippen LogP contribution in [0.15, 0.2) is 72.8 Å². The number of fused-ring (bicyclic) bond motifs is 1. The van der Waals surface area contributed by atoms with Crippen LogP contribution in [0.1, 0.15) is 26.3 Å². The third-order valence-corrected chi connectivity index (χ3v) is 5.12. The average Bonchev–Trinajstić information content (AvgIpc) is 3.31.